The van der Waals surface area contributed by atoms with Crippen molar-refractivity contribution in [2.45, 2.75) is 33.2 Å². The highest BCUT2D eigenvalue weighted by molar-refractivity contribution is 5.90. The number of benzene rings is 1. The number of rotatable bonds is 6. The number of amides is 1. The summed E-state index contributed by atoms with van der Waals surface area (Å²) in [6.07, 6.45) is 1.57. The van der Waals surface area contributed by atoms with Gasteiger partial charge in [-0.1, -0.05) is 26.0 Å². The van der Waals surface area contributed by atoms with E-state index in [0.29, 0.717) is 38.7 Å². The molecule has 0 radical (unpaired) electrons. The number of nitrogens with one attached hydrogen (secondary N) is 1. The Bertz CT molecular complexity index is 857. The van der Waals surface area contributed by atoms with Gasteiger partial charge in [0, 0.05) is 30.5 Å². The summed E-state index contributed by atoms with van der Waals surface area (Å²) in [7, 11) is 0. The Kier molecular flexibility index (Phi) is 6.24. The highest BCUT2D eigenvalue weighted by Crippen LogP contribution is 2.14. The molecule has 1 N–H and O–H groups in total. The minimum atomic E-state index is -0.245. The molecule has 2 aromatic rings. The minimum Gasteiger partial charge on any atom is -0.378 e. The van der Waals surface area contributed by atoms with Gasteiger partial charge in [-0.05, 0) is 30.5 Å². The lowest BCUT2D eigenvalue weighted by atomic mass is 10.1. The molecule has 7 nitrogen and oxygen atoms in total. The summed E-state index contributed by atoms with van der Waals surface area (Å²) in [5.74, 6) is 0.297. The monoisotopic (exact) mass is 370 g/mol. The summed E-state index contributed by atoms with van der Waals surface area (Å²) >= 11 is 0. The minimum absolute atomic E-state index is 0.0706. The van der Waals surface area contributed by atoms with Gasteiger partial charge in [-0.25, -0.2) is 4.98 Å². The summed E-state index contributed by atoms with van der Waals surface area (Å²) < 4.78 is 6.84. The SMILES string of the molecule is CCc1cccc(NC(=O)Cn2c(N3CCOCC3)nc(CC)cc2=O)c1. The smallest absolute Gasteiger partial charge is 0.255 e. The van der Waals surface area contributed by atoms with E-state index in [9.17, 15) is 9.59 Å². The molecule has 1 fully saturated rings. The molecule has 1 aromatic heterocycles. The summed E-state index contributed by atoms with van der Waals surface area (Å²) in [6.45, 7) is 6.43. The molecule has 0 saturated carbocycles. The zero-order valence-corrected chi connectivity index (χ0v) is 15.9. The molecule has 1 aliphatic rings. The molecule has 144 valence electrons. The molecular formula is C20H26N4O3. The first-order valence-electron chi connectivity index (χ1n) is 9.43. The van der Waals surface area contributed by atoms with E-state index in [-0.39, 0.29) is 18.0 Å². The number of carbonyl (C=O) groups is 1. The topological polar surface area (TPSA) is 76.5 Å². The number of ether oxygens (including phenoxy) is 1. The number of nitrogens with zero attached hydrogens (tertiary/aromatic N) is 3. The maximum atomic E-state index is 12.6. The van der Waals surface area contributed by atoms with Crippen LogP contribution >= 0.6 is 0 Å². The molecule has 1 aromatic carbocycles. The van der Waals surface area contributed by atoms with Crippen LogP contribution in [0.25, 0.3) is 0 Å². The Balaban J connectivity index is 1.84. The normalized spacial score (nSPS) is 14.2. The summed E-state index contributed by atoms with van der Waals surface area (Å²) in [4.78, 5) is 31.8. The maximum absolute atomic E-state index is 12.6. The maximum Gasteiger partial charge on any atom is 0.255 e. The van der Waals surface area contributed by atoms with Gasteiger partial charge in [-0.2, -0.15) is 0 Å². The van der Waals surface area contributed by atoms with Gasteiger partial charge in [0.1, 0.15) is 6.54 Å². The van der Waals surface area contributed by atoms with Gasteiger partial charge in [0.15, 0.2) is 0 Å². The lowest BCUT2D eigenvalue weighted by Gasteiger charge is -2.29. The molecule has 27 heavy (non-hydrogen) atoms. The third-order valence-electron chi connectivity index (χ3n) is 4.62. The van der Waals surface area contributed by atoms with Crippen LogP contribution in [0.15, 0.2) is 35.1 Å². The van der Waals surface area contributed by atoms with E-state index in [2.05, 4.69) is 17.2 Å². The molecule has 0 aliphatic carbocycles. The molecule has 1 saturated heterocycles. The van der Waals surface area contributed by atoms with Gasteiger partial charge in [-0.3, -0.25) is 14.2 Å². The lowest BCUT2D eigenvalue weighted by Crippen LogP contribution is -2.42. The molecule has 0 atom stereocenters. The second-order valence-electron chi connectivity index (χ2n) is 6.53. The second-order valence-corrected chi connectivity index (χ2v) is 6.53. The number of hydrogen-bond acceptors (Lipinski definition) is 5. The van der Waals surface area contributed by atoms with Gasteiger partial charge in [0.25, 0.3) is 5.56 Å². The number of aromatic nitrogens is 2. The number of hydrogen-bond donors (Lipinski definition) is 1. The van der Waals surface area contributed by atoms with E-state index in [1.807, 2.05) is 36.1 Å². The van der Waals surface area contributed by atoms with E-state index >= 15 is 0 Å². The Labute approximate surface area is 159 Å². The fraction of sp³-hybridized carbons (Fsp3) is 0.450. The molecule has 0 unspecified atom stereocenters. The van der Waals surface area contributed by atoms with Crippen LogP contribution in [0.2, 0.25) is 0 Å². The molecular weight excluding hydrogens is 344 g/mol. The highest BCUT2D eigenvalue weighted by atomic mass is 16.5. The van der Waals surface area contributed by atoms with Crippen LogP contribution < -0.4 is 15.8 Å². The summed E-state index contributed by atoms with van der Waals surface area (Å²) in [5, 5.41) is 2.88. The van der Waals surface area contributed by atoms with Crippen LogP contribution in [0, 0.1) is 0 Å². The second kappa shape index (κ2) is 8.81. The first-order valence-corrected chi connectivity index (χ1v) is 9.43. The Morgan fingerprint density at radius 2 is 1.96 bits per heavy atom. The summed E-state index contributed by atoms with van der Waals surface area (Å²) in [5.41, 5.74) is 2.40. The largest absolute Gasteiger partial charge is 0.378 e. The van der Waals surface area contributed by atoms with Crippen LogP contribution in [0.5, 0.6) is 0 Å². The zero-order valence-electron chi connectivity index (χ0n) is 15.9. The van der Waals surface area contributed by atoms with Gasteiger partial charge >= 0.3 is 0 Å². The highest BCUT2D eigenvalue weighted by Gasteiger charge is 2.19. The van der Waals surface area contributed by atoms with Crippen molar-refractivity contribution >= 4 is 17.5 Å². The standard InChI is InChI=1S/C20H26N4O3/c1-3-15-6-5-7-17(12-15)21-18(25)14-24-19(26)13-16(4-2)22-20(24)23-8-10-27-11-9-23/h5-7,12-13H,3-4,8-11,14H2,1-2H3,(H,21,25). The quantitative estimate of drug-likeness (QED) is 0.840. The van der Waals surface area contributed by atoms with E-state index < -0.39 is 0 Å². The zero-order chi connectivity index (χ0) is 19.2. The van der Waals surface area contributed by atoms with Crippen molar-refractivity contribution in [1.29, 1.82) is 0 Å². The predicted octanol–water partition coefficient (Wildman–Crippen LogP) is 1.84. The number of carbonyl (C=O) groups excluding carboxylic acids is 1. The van der Waals surface area contributed by atoms with Crippen LogP contribution in [0.4, 0.5) is 11.6 Å². The molecule has 2 heterocycles. The first kappa shape index (κ1) is 19.1. The van der Waals surface area contributed by atoms with Crippen molar-refractivity contribution in [3.05, 3.63) is 51.9 Å². The van der Waals surface area contributed by atoms with Gasteiger partial charge < -0.3 is 15.0 Å². The van der Waals surface area contributed by atoms with Crippen molar-refractivity contribution in [2.24, 2.45) is 0 Å². The van der Waals surface area contributed by atoms with Crippen LogP contribution in [0.1, 0.15) is 25.1 Å². The van der Waals surface area contributed by atoms with Gasteiger partial charge in [0.05, 0.1) is 13.2 Å². The fourth-order valence-corrected chi connectivity index (χ4v) is 3.09. The van der Waals surface area contributed by atoms with Crippen molar-refractivity contribution in [3.8, 4) is 0 Å². The van der Waals surface area contributed by atoms with E-state index in [1.54, 1.807) is 0 Å². The van der Waals surface area contributed by atoms with E-state index in [0.717, 1.165) is 23.4 Å². The Morgan fingerprint density at radius 3 is 2.67 bits per heavy atom. The van der Waals surface area contributed by atoms with Crippen molar-refractivity contribution < 1.29 is 9.53 Å². The van der Waals surface area contributed by atoms with Crippen LogP contribution in [0.3, 0.4) is 0 Å². The average Bonchev–Trinajstić information content (AvgIpc) is 2.70. The molecule has 1 amide bonds. The van der Waals surface area contributed by atoms with Gasteiger partial charge in [0.2, 0.25) is 11.9 Å². The number of morpholine rings is 1. The summed E-state index contributed by atoms with van der Waals surface area (Å²) in [6, 6.07) is 9.24. The Hall–Kier alpha value is -2.67. The van der Waals surface area contributed by atoms with Crippen molar-refractivity contribution in [2.75, 3.05) is 36.5 Å². The van der Waals surface area contributed by atoms with Crippen LogP contribution in [-0.2, 0) is 28.9 Å². The molecule has 7 heteroatoms. The first-order chi connectivity index (χ1) is 13.1. The number of aryl methyl sites for hydroxylation is 2. The number of anilines is 2. The lowest BCUT2D eigenvalue weighted by molar-refractivity contribution is -0.116. The molecule has 1 aliphatic heterocycles. The third-order valence-corrected chi connectivity index (χ3v) is 4.62. The molecule has 3 rings (SSSR count). The predicted molar refractivity (Wildman–Crippen MR) is 105 cm³/mol. The Morgan fingerprint density at radius 1 is 1.19 bits per heavy atom. The molecule has 0 bridgehead atoms. The molecule has 0 spiro atoms. The van der Waals surface area contributed by atoms with Crippen molar-refractivity contribution in [3.63, 3.8) is 0 Å². The fourth-order valence-electron chi connectivity index (χ4n) is 3.09. The van der Waals surface area contributed by atoms with E-state index in [4.69, 9.17) is 4.74 Å². The third kappa shape index (κ3) is 4.74. The van der Waals surface area contributed by atoms with Crippen LogP contribution in [-0.4, -0.2) is 41.8 Å². The average molecular weight is 370 g/mol. The van der Waals surface area contributed by atoms with Gasteiger partial charge in [-0.15, -0.1) is 0 Å². The van der Waals surface area contributed by atoms with E-state index in [1.165, 1.54) is 10.6 Å². The van der Waals surface area contributed by atoms with Crippen molar-refractivity contribution in [1.82, 2.24) is 9.55 Å².